The molecule has 0 saturated heterocycles. The van der Waals surface area contributed by atoms with E-state index in [9.17, 15) is 9.18 Å². The average molecular weight is 221 g/mol. The van der Waals surface area contributed by atoms with Gasteiger partial charge >= 0.3 is 0 Å². The maximum Gasteiger partial charge on any atom is 0.179 e. The van der Waals surface area contributed by atoms with Crippen LogP contribution in [0.3, 0.4) is 0 Å². The van der Waals surface area contributed by atoms with Gasteiger partial charge in [0.15, 0.2) is 5.78 Å². The summed E-state index contributed by atoms with van der Waals surface area (Å²) in [4.78, 5) is 13.7. The number of hydrogen-bond donors (Lipinski definition) is 0. The molecule has 1 atom stereocenters. The van der Waals surface area contributed by atoms with Crippen LogP contribution in [0.5, 0.6) is 0 Å². The second-order valence-electron chi connectivity index (χ2n) is 4.07. The van der Waals surface area contributed by atoms with Crippen LogP contribution in [-0.2, 0) is 4.79 Å². The molecule has 0 heterocycles. The van der Waals surface area contributed by atoms with E-state index in [1.165, 1.54) is 12.1 Å². The first-order chi connectivity index (χ1) is 7.43. The summed E-state index contributed by atoms with van der Waals surface area (Å²) in [6.07, 6.45) is 0. The number of benzene rings is 1. The predicted octanol–water partition coefficient (Wildman–Crippen LogP) is 2.57. The molecule has 0 amide bonds. The zero-order valence-electron chi connectivity index (χ0n) is 9.83. The highest BCUT2D eigenvalue weighted by Crippen LogP contribution is 2.22. The van der Waals surface area contributed by atoms with Gasteiger partial charge in [0.25, 0.3) is 0 Å². The predicted molar refractivity (Wildman–Crippen MR) is 62.6 cm³/mol. The molecule has 0 spiro atoms. The Morgan fingerprint density at radius 2 is 2.06 bits per heavy atom. The number of ketones is 1. The van der Waals surface area contributed by atoms with E-state index in [0.29, 0.717) is 11.1 Å². The summed E-state index contributed by atoms with van der Waals surface area (Å²) < 4.78 is 13.1. The van der Waals surface area contributed by atoms with Crippen LogP contribution in [0.4, 0.5) is 4.39 Å². The summed E-state index contributed by atoms with van der Waals surface area (Å²) in [5.74, 6) is -0.422. The van der Waals surface area contributed by atoms with E-state index in [-0.39, 0.29) is 11.6 Å². The van der Waals surface area contributed by atoms with Crippen LogP contribution in [0.15, 0.2) is 36.4 Å². The molecular weight excluding hydrogens is 205 g/mol. The lowest BCUT2D eigenvalue weighted by Crippen LogP contribution is -2.28. The molecule has 0 aliphatic heterocycles. The lowest BCUT2D eigenvalue weighted by Gasteiger charge is -2.23. The molecule has 0 radical (unpaired) electrons. The fourth-order valence-electron chi connectivity index (χ4n) is 1.59. The monoisotopic (exact) mass is 221 g/mol. The van der Waals surface area contributed by atoms with Crippen molar-refractivity contribution in [3.63, 3.8) is 0 Å². The molecule has 3 heteroatoms. The van der Waals surface area contributed by atoms with Crippen LogP contribution in [0.25, 0.3) is 0 Å². The fraction of sp³-hybridized carbons (Fsp3) is 0.308. The molecule has 16 heavy (non-hydrogen) atoms. The van der Waals surface area contributed by atoms with E-state index >= 15 is 0 Å². The molecule has 0 fully saturated rings. The average Bonchev–Trinajstić information content (AvgIpc) is 2.17. The number of rotatable bonds is 4. The molecule has 0 aliphatic rings. The number of halogens is 1. The summed E-state index contributed by atoms with van der Waals surface area (Å²) in [5.41, 5.74) is 1.13. The molecule has 0 aromatic heterocycles. The van der Waals surface area contributed by atoms with Crippen molar-refractivity contribution < 1.29 is 9.18 Å². The zero-order valence-corrected chi connectivity index (χ0v) is 9.83. The van der Waals surface area contributed by atoms with E-state index in [4.69, 9.17) is 0 Å². The number of hydrogen-bond acceptors (Lipinski definition) is 2. The third kappa shape index (κ3) is 2.76. The van der Waals surface area contributed by atoms with E-state index in [2.05, 4.69) is 6.58 Å². The molecular formula is C13H16FNO. The van der Waals surface area contributed by atoms with Crippen molar-refractivity contribution in [1.29, 1.82) is 0 Å². The van der Waals surface area contributed by atoms with Crippen LogP contribution >= 0.6 is 0 Å². The van der Waals surface area contributed by atoms with Gasteiger partial charge in [-0.05, 0) is 44.3 Å². The van der Waals surface area contributed by atoms with Crippen molar-refractivity contribution in [1.82, 2.24) is 4.90 Å². The summed E-state index contributed by atoms with van der Waals surface area (Å²) in [6, 6.07) is 5.63. The summed E-state index contributed by atoms with van der Waals surface area (Å²) in [7, 11) is 3.58. The second-order valence-corrected chi connectivity index (χ2v) is 4.07. The number of likely N-dealkylation sites (N-methyl/N-ethyl adjacent to an activating group) is 1. The Hall–Kier alpha value is -1.48. The normalized spacial score (nSPS) is 12.6. The van der Waals surface area contributed by atoms with Crippen LogP contribution in [0, 0.1) is 5.82 Å². The van der Waals surface area contributed by atoms with Gasteiger partial charge in [-0.15, -0.1) is 0 Å². The van der Waals surface area contributed by atoms with Gasteiger partial charge in [-0.2, -0.15) is 0 Å². The van der Waals surface area contributed by atoms with Crippen molar-refractivity contribution in [2.45, 2.75) is 13.0 Å². The van der Waals surface area contributed by atoms with Crippen molar-refractivity contribution in [2.24, 2.45) is 0 Å². The first-order valence-corrected chi connectivity index (χ1v) is 5.05. The molecule has 0 saturated carbocycles. The maximum absolute atomic E-state index is 13.1. The minimum absolute atomic E-state index is 0.0874. The molecule has 86 valence electrons. The number of Topliss-reactive ketones (excluding diaryl/α,β-unsaturated/α-hetero) is 1. The molecule has 1 rings (SSSR count). The first kappa shape index (κ1) is 12.6. The van der Waals surface area contributed by atoms with Gasteiger partial charge in [-0.25, -0.2) is 4.39 Å². The van der Waals surface area contributed by atoms with Crippen molar-refractivity contribution >= 4 is 5.78 Å². The van der Waals surface area contributed by atoms with Gasteiger partial charge in [0.2, 0.25) is 0 Å². The molecule has 1 aromatic rings. The molecule has 0 aliphatic carbocycles. The third-order valence-electron chi connectivity index (χ3n) is 2.35. The summed E-state index contributed by atoms with van der Waals surface area (Å²) >= 11 is 0. The Morgan fingerprint density at radius 1 is 1.44 bits per heavy atom. The molecule has 0 N–H and O–H groups in total. The number of carbonyl (C=O) groups excluding carboxylic acids is 1. The van der Waals surface area contributed by atoms with Crippen LogP contribution in [0.2, 0.25) is 0 Å². The van der Waals surface area contributed by atoms with Gasteiger partial charge in [0.05, 0.1) is 6.04 Å². The van der Waals surface area contributed by atoms with Gasteiger partial charge in [0, 0.05) is 0 Å². The number of nitrogens with zero attached hydrogens (tertiary/aromatic N) is 1. The smallest absolute Gasteiger partial charge is 0.179 e. The maximum atomic E-state index is 13.1. The third-order valence-corrected chi connectivity index (χ3v) is 2.35. The zero-order chi connectivity index (χ0) is 12.3. The van der Waals surface area contributed by atoms with E-state index < -0.39 is 6.04 Å². The van der Waals surface area contributed by atoms with Crippen LogP contribution in [-0.4, -0.2) is 24.8 Å². The molecule has 1 unspecified atom stereocenters. The highest BCUT2D eigenvalue weighted by Gasteiger charge is 2.23. The Morgan fingerprint density at radius 3 is 2.50 bits per heavy atom. The molecule has 0 bridgehead atoms. The number of carbonyl (C=O) groups is 1. The van der Waals surface area contributed by atoms with Gasteiger partial charge < -0.3 is 0 Å². The van der Waals surface area contributed by atoms with Crippen molar-refractivity contribution in [3.8, 4) is 0 Å². The quantitative estimate of drug-likeness (QED) is 0.728. The van der Waals surface area contributed by atoms with Gasteiger partial charge in [0.1, 0.15) is 5.82 Å². The Bertz CT molecular complexity index is 412. The minimum Gasteiger partial charge on any atom is -0.296 e. The Kier molecular flexibility index (Phi) is 3.96. The van der Waals surface area contributed by atoms with E-state index in [1.54, 1.807) is 38.1 Å². The second kappa shape index (κ2) is 5.03. The molecule has 1 aromatic carbocycles. The topological polar surface area (TPSA) is 20.3 Å². The fourth-order valence-corrected chi connectivity index (χ4v) is 1.59. The standard InChI is InChI=1S/C13H16FNO/c1-9(2)13(16)12(15(3)4)10-6-5-7-11(14)8-10/h5-8,12H,1H2,2-4H3. The van der Waals surface area contributed by atoms with Crippen LogP contribution in [0.1, 0.15) is 18.5 Å². The highest BCUT2D eigenvalue weighted by atomic mass is 19.1. The summed E-state index contributed by atoms with van der Waals surface area (Å²) in [6.45, 7) is 5.30. The summed E-state index contributed by atoms with van der Waals surface area (Å²) in [5, 5.41) is 0. The lowest BCUT2D eigenvalue weighted by molar-refractivity contribution is -0.119. The van der Waals surface area contributed by atoms with Crippen molar-refractivity contribution in [3.05, 3.63) is 47.8 Å². The Labute approximate surface area is 95.4 Å². The largest absolute Gasteiger partial charge is 0.296 e. The lowest BCUT2D eigenvalue weighted by atomic mass is 9.98. The van der Waals surface area contributed by atoms with E-state index in [0.717, 1.165) is 0 Å². The highest BCUT2D eigenvalue weighted by molar-refractivity contribution is 5.98. The SMILES string of the molecule is C=C(C)C(=O)C(c1cccc(F)c1)N(C)C. The molecule has 2 nitrogen and oxygen atoms in total. The van der Waals surface area contributed by atoms with Crippen molar-refractivity contribution in [2.75, 3.05) is 14.1 Å². The Balaban J connectivity index is 3.13. The van der Waals surface area contributed by atoms with Gasteiger partial charge in [-0.3, -0.25) is 9.69 Å². The van der Waals surface area contributed by atoms with Gasteiger partial charge in [-0.1, -0.05) is 18.7 Å². The van der Waals surface area contributed by atoms with Crippen LogP contribution < -0.4 is 0 Å². The minimum atomic E-state index is -0.465. The van der Waals surface area contributed by atoms with E-state index in [1.807, 2.05) is 0 Å². The first-order valence-electron chi connectivity index (χ1n) is 5.05.